The number of rotatable bonds is 6. The molecule has 0 aromatic carbocycles. The Labute approximate surface area is 210 Å². The van der Waals surface area contributed by atoms with Crippen LogP contribution >= 0.6 is 0 Å². The molecule has 3 saturated carbocycles. The van der Waals surface area contributed by atoms with E-state index in [0.29, 0.717) is 0 Å². The summed E-state index contributed by atoms with van der Waals surface area (Å²) in [5.74, 6) is -8.14. The van der Waals surface area contributed by atoms with E-state index in [0.717, 1.165) is 12.2 Å². The van der Waals surface area contributed by atoms with E-state index >= 15 is 8.78 Å². The summed E-state index contributed by atoms with van der Waals surface area (Å²) >= 11 is 0. The molecule has 0 spiro atoms. The number of allylic oxidation sites excluding steroid dienone is 4. The number of hydrogen-bond acceptors (Lipinski definition) is 8. The van der Waals surface area contributed by atoms with Crippen molar-refractivity contribution in [2.45, 2.75) is 81.2 Å². The van der Waals surface area contributed by atoms with Gasteiger partial charge in [-0.2, -0.15) is 0 Å². The van der Waals surface area contributed by atoms with Gasteiger partial charge in [0, 0.05) is 16.7 Å². The Morgan fingerprint density at radius 2 is 1.73 bits per heavy atom. The maximum atomic E-state index is 17.2. The standard InChI is InChI=1S/C25H30F2O10/c1-21-4-3-11(28)5-13(21)15(26)6-12-14-8-23(36,10-19(33)34)25(37,20(35)16(29)7-18(31)32)22(14,2)9-17(30)24(12,21)27/h3-5,12,14-17,29-30,36-37H,6-10H2,1-2H3,(H,31,32)(H,33,34). The lowest BCUT2D eigenvalue weighted by Gasteiger charge is -2.63. The molecule has 37 heavy (non-hydrogen) atoms. The van der Waals surface area contributed by atoms with Crippen molar-refractivity contribution in [1.29, 1.82) is 0 Å². The Morgan fingerprint density at radius 3 is 2.30 bits per heavy atom. The van der Waals surface area contributed by atoms with Crippen LogP contribution in [0.2, 0.25) is 0 Å². The van der Waals surface area contributed by atoms with E-state index in [-0.39, 0.29) is 5.57 Å². The summed E-state index contributed by atoms with van der Waals surface area (Å²) in [5, 5.41) is 63.4. The van der Waals surface area contributed by atoms with E-state index in [1.807, 2.05) is 0 Å². The lowest BCUT2D eigenvalue weighted by atomic mass is 9.44. The Bertz CT molecular complexity index is 1140. The van der Waals surface area contributed by atoms with Crippen molar-refractivity contribution in [3.8, 4) is 0 Å². The zero-order chi connectivity index (χ0) is 27.9. The molecule has 0 radical (unpaired) electrons. The first-order valence-corrected chi connectivity index (χ1v) is 12.0. The first kappa shape index (κ1) is 27.5. The normalized spacial score (nSPS) is 47.4. The van der Waals surface area contributed by atoms with Gasteiger partial charge in [0.25, 0.3) is 0 Å². The maximum absolute atomic E-state index is 17.2. The number of aliphatic carboxylic acids is 2. The van der Waals surface area contributed by atoms with Crippen molar-refractivity contribution in [1.82, 2.24) is 0 Å². The van der Waals surface area contributed by atoms with E-state index in [1.165, 1.54) is 19.9 Å². The number of aliphatic hydroxyl groups excluding tert-OH is 2. The van der Waals surface area contributed by atoms with Gasteiger partial charge in [-0.1, -0.05) is 13.0 Å². The van der Waals surface area contributed by atoms with E-state index in [4.69, 9.17) is 5.11 Å². The molecule has 10 nitrogen and oxygen atoms in total. The summed E-state index contributed by atoms with van der Waals surface area (Å²) in [6.45, 7) is 2.53. The van der Waals surface area contributed by atoms with Crippen LogP contribution in [0.15, 0.2) is 23.8 Å². The second-order valence-corrected chi connectivity index (χ2v) is 11.4. The number of ketones is 2. The van der Waals surface area contributed by atoms with Gasteiger partial charge in [-0.05, 0) is 49.8 Å². The van der Waals surface area contributed by atoms with Crippen LogP contribution in [0.25, 0.3) is 0 Å². The van der Waals surface area contributed by atoms with Crippen LogP contribution in [0, 0.1) is 22.7 Å². The molecule has 4 aliphatic rings. The molecule has 0 bridgehead atoms. The molecule has 0 amide bonds. The molecule has 0 heterocycles. The van der Waals surface area contributed by atoms with Crippen molar-refractivity contribution in [2.75, 3.05) is 0 Å². The van der Waals surface area contributed by atoms with E-state index in [2.05, 4.69) is 0 Å². The fraction of sp³-hybridized carbons (Fsp3) is 0.680. The van der Waals surface area contributed by atoms with Crippen LogP contribution in [-0.4, -0.2) is 89.4 Å². The Hall–Kier alpha value is -2.54. The van der Waals surface area contributed by atoms with Crippen molar-refractivity contribution in [2.24, 2.45) is 22.7 Å². The van der Waals surface area contributed by atoms with Crippen LogP contribution in [0.3, 0.4) is 0 Å². The average Bonchev–Trinajstić information content (AvgIpc) is 2.94. The van der Waals surface area contributed by atoms with Gasteiger partial charge >= 0.3 is 11.9 Å². The quantitative estimate of drug-likeness (QED) is 0.279. The lowest BCUT2D eigenvalue weighted by molar-refractivity contribution is -0.236. The summed E-state index contributed by atoms with van der Waals surface area (Å²) in [6.07, 6.45) is -7.41. The molecule has 4 aliphatic carbocycles. The Morgan fingerprint density at radius 1 is 1.11 bits per heavy atom. The van der Waals surface area contributed by atoms with Gasteiger partial charge in [0.2, 0.25) is 0 Å². The largest absolute Gasteiger partial charge is 0.481 e. The zero-order valence-corrected chi connectivity index (χ0v) is 20.2. The minimum Gasteiger partial charge on any atom is -0.481 e. The van der Waals surface area contributed by atoms with Crippen molar-refractivity contribution < 1.29 is 58.6 Å². The van der Waals surface area contributed by atoms with Crippen molar-refractivity contribution >= 4 is 23.5 Å². The number of Topliss-reactive ketones (excluding diaryl/α,β-unsaturated/α-hetero) is 1. The molecule has 10 unspecified atom stereocenters. The predicted molar refractivity (Wildman–Crippen MR) is 119 cm³/mol. The molecule has 204 valence electrons. The fourth-order valence-corrected chi connectivity index (χ4v) is 7.85. The van der Waals surface area contributed by atoms with Crippen LogP contribution in [0.4, 0.5) is 8.78 Å². The average molecular weight is 529 g/mol. The highest BCUT2D eigenvalue weighted by atomic mass is 19.1. The number of aliphatic hydroxyl groups is 4. The number of carbonyl (C=O) groups excluding carboxylic acids is 2. The highest BCUT2D eigenvalue weighted by Gasteiger charge is 2.81. The van der Waals surface area contributed by atoms with Gasteiger partial charge in [-0.25, -0.2) is 8.78 Å². The minimum atomic E-state index is -3.12. The minimum absolute atomic E-state index is 0.177. The summed E-state index contributed by atoms with van der Waals surface area (Å²) in [7, 11) is 0. The highest BCUT2D eigenvalue weighted by molar-refractivity contribution is 6.01. The van der Waals surface area contributed by atoms with E-state index < -0.39 is 114 Å². The predicted octanol–water partition coefficient (Wildman–Crippen LogP) is 0.257. The van der Waals surface area contributed by atoms with Crippen LogP contribution in [0.1, 0.15) is 46.0 Å². The maximum Gasteiger partial charge on any atom is 0.306 e. The van der Waals surface area contributed by atoms with Gasteiger partial charge in [0.1, 0.15) is 17.9 Å². The number of alkyl halides is 2. The molecule has 3 fully saturated rings. The first-order valence-electron chi connectivity index (χ1n) is 12.0. The second kappa shape index (κ2) is 8.23. The molecule has 4 rings (SSSR count). The SMILES string of the molecule is CC12C=CC(=O)C=C1C(F)CC1C3CC(O)(CC(=O)O)C(O)(C(=O)C(O)CC(=O)O)C3(C)CC(O)C12F. The number of halogens is 2. The lowest BCUT2D eigenvalue weighted by Crippen LogP contribution is -2.72. The third-order valence-electron chi connectivity index (χ3n) is 9.55. The summed E-state index contributed by atoms with van der Waals surface area (Å²) in [4.78, 5) is 48.1. The summed E-state index contributed by atoms with van der Waals surface area (Å²) < 4.78 is 32.7. The Balaban J connectivity index is 1.90. The molecule has 6 N–H and O–H groups in total. The van der Waals surface area contributed by atoms with Crippen molar-refractivity contribution in [3.05, 3.63) is 23.8 Å². The van der Waals surface area contributed by atoms with Gasteiger partial charge in [-0.3, -0.25) is 19.2 Å². The van der Waals surface area contributed by atoms with Crippen LogP contribution < -0.4 is 0 Å². The molecular weight excluding hydrogens is 498 g/mol. The monoisotopic (exact) mass is 528 g/mol. The number of carbonyl (C=O) groups is 4. The third kappa shape index (κ3) is 3.35. The molecular formula is C25H30F2O10. The van der Waals surface area contributed by atoms with Crippen LogP contribution in [-0.2, 0) is 19.2 Å². The summed E-state index contributed by atoms with van der Waals surface area (Å²) in [6, 6.07) is 0. The third-order valence-corrected chi connectivity index (χ3v) is 9.55. The van der Waals surface area contributed by atoms with Crippen LogP contribution in [0.5, 0.6) is 0 Å². The Kier molecular flexibility index (Phi) is 6.11. The van der Waals surface area contributed by atoms with E-state index in [1.54, 1.807) is 0 Å². The summed E-state index contributed by atoms with van der Waals surface area (Å²) in [5.41, 5.74) is -12.5. The van der Waals surface area contributed by atoms with Gasteiger partial charge in [-0.15, -0.1) is 0 Å². The van der Waals surface area contributed by atoms with E-state index in [9.17, 15) is 44.7 Å². The first-order chi connectivity index (χ1) is 16.9. The number of hydrogen-bond donors (Lipinski definition) is 6. The van der Waals surface area contributed by atoms with Crippen molar-refractivity contribution in [3.63, 3.8) is 0 Å². The number of carboxylic acids is 2. The molecule has 12 heteroatoms. The van der Waals surface area contributed by atoms with Gasteiger partial charge < -0.3 is 30.6 Å². The van der Waals surface area contributed by atoms with Gasteiger partial charge in [0.05, 0.1) is 18.9 Å². The topological polar surface area (TPSA) is 190 Å². The highest BCUT2D eigenvalue weighted by Crippen LogP contribution is 2.72. The second-order valence-electron chi connectivity index (χ2n) is 11.4. The zero-order valence-electron chi connectivity index (χ0n) is 20.2. The molecule has 0 saturated heterocycles. The fourth-order valence-electron chi connectivity index (χ4n) is 7.85. The molecule has 10 atom stereocenters. The number of fused-ring (bicyclic) bond motifs is 5. The molecule has 0 aromatic heterocycles. The molecule has 0 aromatic rings. The number of carboxylic acid groups (broad SMARTS) is 2. The molecule has 0 aliphatic heterocycles. The smallest absolute Gasteiger partial charge is 0.306 e. The van der Waals surface area contributed by atoms with Gasteiger partial charge in [0.15, 0.2) is 22.8 Å².